The van der Waals surface area contributed by atoms with E-state index in [2.05, 4.69) is 102 Å². The van der Waals surface area contributed by atoms with Gasteiger partial charge in [-0.1, -0.05) is 102 Å². The predicted octanol–water partition coefficient (Wildman–Crippen LogP) is 5.23. The van der Waals surface area contributed by atoms with Crippen molar-refractivity contribution in [3.8, 4) is 0 Å². The monoisotopic (exact) mass is 442 g/mol. The highest BCUT2D eigenvalue weighted by Crippen LogP contribution is 2.41. The molecule has 2 aromatic rings. The molecule has 0 spiro atoms. The van der Waals surface area contributed by atoms with E-state index in [-0.39, 0.29) is 27.9 Å². The minimum absolute atomic E-state index is 0.0154. The lowest BCUT2D eigenvalue weighted by atomic mass is 9.85. The smallest absolute Gasteiger partial charge is 0.261 e. The number of thioether (sulfide) groups is 1. The summed E-state index contributed by atoms with van der Waals surface area (Å²) in [6, 6.07) is 21.7. The van der Waals surface area contributed by atoms with Gasteiger partial charge in [0.15, 0.2) is 0 Å². The Bertz CT molecular complexity index is 756. The van der Waals surface area contributed by atoms with Crippen LogP contribution in [0.4, 0.5) is 0 Å². The first-order valence-electron chi connectivity index (χ1n) is 11.1. The van der Waals surface area contributed by atoms with Crippen molar-refractivity contribution in [2.75, 3.05) is 5.75 Å². The summed E-state index contributed by atoms with van der Waals surface area (Å²) in [7, 11) is -2.54. The summed E-state index contributed by atoms with van der Waals surface area (Å²) in [5.74, 6) is 1.04. The molecule has 0 bridgehead atoms. The van der Waals surface area contributed by atoms with E-state index in [9.17, 15) is 5.11 Å². The molecule has 1 aliphatic rings. The number of rotatable bonds is 5. The summed E-state index contributed by atoms with van der Waals surface area (Å²) in [4.78, 5) is 0. The first-order chi connectivity index (χ1) is 14.1. The molecule has 2 nitrogen and oxygen atoms in total. The molecule has 0 unspecified atom stereocenters. The van der Waals surface area contributed by atoms with E-state index >= 15 is 0 Å². The van der Waals surface area contributed by atoms with Crippen LogP contribution in [0.25, 0.3) is 0 Å². The Labute approximate surface area is 188 Å². The third-order valence-electron chi connectivity index (χ3n) is 6.27. The van der Waals surface area contributed by atoms with Crippen molar-refractivity contribution in [3.63, 3.8) is 0 Å². The fraction of sp³-hybridized carbons (Fsp3) is 0.538. The first-order valence-corrected chi connectivity index (χ1v) is 14.1. The molecule has 1 heterocycles. The topological polar surface area (TPSA) is 29.5 Å². The maximum Gasteiger partial charge on any atom is 0.261 e. The molecule has 1 N–H and O–H groups in total. The van der Waals surface area contributed by atoms with E-state index < -0.39 is 8.32 Å². The second-order valence-electron chi connectivity index (χ2n) is 10.6. The second-order valence-corrected chi connectivity index (χ2v) is 16.2. The number of hydrogen-bond donors (Lipinski definition) is 1. The first kappa shape index (κ1) is 23.6. The third-order valence-corrected chi connectivity index (χ3v) is 12.7. The van der Waals surface area contributed by atoms with E-state index in [0.29, 0.717) is 0 Å². The predicted molar refractivity (Wildman–Crippen MR) is 133 cm³/mol. The fourth-order valence-corrected chi connectivity index (χ4v) is 11.0. The zero-order valence-corrected chi connectivity index (χ0v) is 21.2. The van der Waals surface area contributed by atoms with Crippen molar-refractivity contribution < 1.29 is 9.53 Å². The summed E-state index contributed by atoms with van der Waals surface area (Å²) in [6.07, 6.45) is 1.79. The molecule has 0 aliphatic carbocycles. The minimum atomic E-state index is -2.54. The second kappa shape index (κ2) is 9.19. The van der Waals surface area contributed by atoms with Crippen LogP contribution in [0, 0.1) is 5.41 Å². The van der Waals surface area contributed by atoms with Crippen molar-refractivity contribution in [1.82, 2.24) is 0 Å². The van der Waals surface area contributed by atoms with Gasteiger partial charge in [0.1, 0.15) is 0 Å². The Morgan fingerprint density at radius 3 is 1.83 bits per heavy atom. The van der Waals surface area contributed by atoms with Crippen molar-refractivity contribution >= 4 is 30.5 Å². The van der Waals surface area contributed by atoms with Gasteiger partial charge in [0, 0.05) is 11.4 Å². The highest BCUT2D eigenvalue weighted by Gasteiger charge is 2.52. The summed E-state index contributed by atoms with van der Waals surface area (Å²) in [5, 5.41) is 13.8. The maximum atomic E-state index is 11.0. The highest BCUT2D eigenvalue weighted by atomic mass is 32.2. The number of hydrogen-bond acceptors (Lipinski definition) is 3. The summed E-state index contributed by atoms with van der Waals surface area (Å²) in [5.41, 5.74) is -0.114. The number of benzene rings is 2. The molecule has 30 heavy (non-hydrogen) atoms. The van der Waals surface area contributed by atoms with Gasteiger partial charge in [-0.15, -0.1) is 0 Å². The maximum absolute atomic E-state index is 11.0. The van der Waals surface area contributed by atoms with Crippen LogP contribution in [0.1, 0.15) is 54.4 Å². The van der Waals surface area contributed by atoms with E-state index in [1.54, 1.807) is 0 Å². The van der Waals surface area contributed by atoms with Crippen LogP contribution >= 0.6 is 11.8 Å². The van der Waals surface area contributed by atoms with Crippen LogP contribution in [0.2, 0.25) is 5.04 Å². The lowest BCUT2D eigenvalue weighted by Gasteiger charge is -2.47. The average Bonchev–Trinajstić information content (AvgIpc) is 2.71. The molecular formula is C26H38O2SSi. The Morgan fingerprint density at radius 1 is 0.900 bits per heavy atom. The molecule has 1 fully saturated rings. The molecular weight excluding hydrogens is 404 g/mol. The summed E-state index contributed by atoms with van der Waals surface area (Å²) >= 11 is 1.91. The lowest BCUT2D eigenvalue weighted by molar-refractivity contribution is 0.0445. The molecule has 0 saturated carbocycles. The van der Waals surface area contributed by atoms with Crippen LogP contribution in [0.3, 0.4) is 0 Å². The van der Waals surface area contributed by atoms with Gasteiger partial charge in [0.2, 0.25) is 0 Å². The number of aliphatic hydroxyl groups excluding tert-OH is 1. The Hall–Kier alpha value is -1.07. The van der Waals surface area contributed by atoms with Gasteiger partial charge in [0.05, 0.1) is 6.10 Å². The molecule has 3 rings (SSSR count). The third kappa shape index (κ3) is 4.88. The van der Waals surface area contributed by atoms with E-state index in [4.69, 9.17) is 4.43 Å². The van der Waals surface area contributed by atoms with Gasteiger partial charge in [0.25, 0.3) is 8.32 Å². The molecule has 4 heteroatoms. The van der Waals surface area contributed by atoms with Gasteiger partial charge < -0.3 is 9.53 Å². The fourth-order valence-electron chi connectivity index (χ4n) is 4.62. The van der Waals surface area contributed by atoms with Crippen LogP contribution < -0.4 is 10.4 Å². The Kier molecular flexibility index (Phi) is 7.23. The molecule has 0 amide bonds. The van der Waals surface area contributed by atoms with E-state index in [1.165, 1.54) is 10.4 Å². The van der Waals surface area contributed by atoms with Crippen LogP contribution in [-0.4, -0.2) is 36.6 Å². The molecule has 0 aromatic heterocycles. The molecule has 3 atom stereocenters. The molecule has 1 aliphatic heterocycles. The SMILES string of the molecule is CC(C)(C)[C@H](O)[C@@H]1C[C@@H](O[Si](c2ccccc2)(c2ccccc2)C(C)(C)C)CCS1. The highest BCUT2D eigenvalue weighted by molar-refractivity contribution is 8.00. The lowest BCUT2D eigenvalue weighted by Crippen LogP contribution is -2.68. The largest absolute Gasteiger partial charge is 0.404 e. The summed E-state index contributed by atoms with van der Waals surface area (Å²) < 4.78 is 7.32. The Morgan fingerprint density at radius 2 is 1.40 bits per heavy atom. The van der Waals surface area contributed by atoms with Crippen LogP contribution in [0.15, 0.2) is 60.7 Å². The van der Waals surface area contributed by atoms with Crippen molar-refractivity contribution in [2.45, 2.75) is 76.9 Å². The molecule has 164 valence electrons. The number of aliphatic hydroxyl groups is 1. The standard InChI is InChI=1S/C26H38O2SSi/c1-25(2,3)24(27)23-19-20(17-18-29-23)28-30(26(4,5)6,21-13-9-7-10-14-21)22-15-11-8-12-16-22/h7-16,20,23-24,27H,17-19H2,1-6H3/t20-,23-,24+/m0/s1. The molecule has 0 radical (unpaired) electrons. The molecule has 1 saturated heterocycles. The van der Waals surface area contributed by atoms with Gasteiger partial charge in [-0.3, -0.25) is 0 Å². The van der Waals surface area contributed by atoms with Gasteiger partial charge >= 0.3 is 0 Å². The van der Waals surface area contributed by atoms with Crippen molar-refractivity contribution in [2.24, 2.45) is 5.41 Å². The van der Waals surface area contributed by atoms with Gasteiger partial charge in [-0.25, -0.2) is 0 Å². The quantitative estimate of drug-likeness (QED) is 0.643. The van der Waals surface area contributed by atoms with Crippen molar-refractivity contribution in [1.29, 1.82) is 0 Å². The van der Waals surface area contributed by atoms with E-state index in [0.717, 1.165) is 18.6 Å². The summed E-state index contributed by atoms with van der Waals surface area (Å²) in [6.45, 7) is 13.4. The van der Waals surface area contributed by atoms with E-state index in [1.807, 2.05) is 11.8 Å². The van der Waals surface area contributed by atoms with Gasteiger partial charge in [-0.2, -0.15) is 11.8 Å². The van der Waals surface area contributed by atoms with Crippen molar-refractivity contribution in [3.05, 3.63) is 60.7 Å². The molecule has 2 aromatic carbocycles. The van der Waals surface area contributed by atoms with Crippen LogP contribution in [-0.2, 0) is 4.43 Å². The van der Waals surface area contributed by atoms with Gasteiger partial charge in [-0.05, 0) is 39.4 Å². The minimum Gasteiger partial charge on any atom is -0.404 e. The van der Waals surface area contributed by atoms with Crippen LogP contribution in [0.5, 0.6) is 0 Å². The average molecular weight is 443 g/mol. The zero-order chi connectivity index (χ0) is 22.0. The normalized spacial score (nSPS) is 22.0. The Balaban J connectivity index is 2.01. The zero-order valence-electron chi connectivity index (χ0n) is 19.4.